The van der Waals surface area contributed by atoms with Gasteiger partial charge in [0.25, 0.3) is 0 Å². The van der Waals surface area contributed by atoms with Crippen LogP contribution in [0.5, 0.6) is 0 Å². The van der Waals surface area contributed by atoms with Crippen LogP contribution in [0.25, 0.3) is 0 Å². The van der Waals surface area contributed by atoms with Crippen LogP contribution in [0.2, 0.25) is 0 Å². The van der Waals surface area contributed by atoms with Gasteiger partial charge in [0.2, 0.25) is 17.7 Å². The van der Waals surface area contributed by atoms with Crippen LogP contribution in [0, 0.1) is 5.92 Å². The summed E-state index contributed by atoms with van der Waals surface area (Å²) >= 11 is 0. The molecule has 0 saturated carbocycles. The molecule has 0 aromatic rings. The molecule has 126 valence electrons. The fraction of sp³-hybridized carbons (Fsp3) is 0.692. The van der Waals surface area contributed by atoms with E-state index < -0.39 is 35.8 Å². The molecule has 2 atom stereocenters. The number of primary amides is 1. The Labute approximate surface area is 128 Å². The van der Waals surface area contributed by atoms with Crippen molar-refractivity contribution in [2.24, 2.45) is 17.4 Å². The summed E-state index contributed by atoms with van der Waals surface area (Å²) in [4.78, 5) is 44.8. The lowest BCUT2D eigenvalue weighted by atomic mass is 10.0. The minimum atomic E-state index is -1.28. The van der Waals surface area contributed by atoms with E-state index in [0.717, 1.165) is 0 Å². The minimum absolute atomic E-state index is 0.114. The van der Waals surface area contributed by atoms with Crippen LogP contribution in [0.3, 0.4) is 0 Å². The number of carboxylic acid groups (broad SMARTS) is 1. The SMILES string of the molecule is CC(C)CC(N)C(=O)NCC(=O)NC(CCC(N)=O)C(=O)O. The summed E-state index contributed by atoms with van der Waals surface area (Å²) in [7, 11) is 0. The molecule has 3 amide bonds. The van der Waals surface area contributed by atoms with E-state index >= 15 is 0 Å². The molecule has 0 aliphatic heterocycles. The summed E-state index contributed by atoms with van der Waals surface area (Å²) in [5.41, 5.74) is 10.6. The van der Waals surface area contributed by atoms with Gasteiger partial charge in [0.1, 0.15) is 6.04 Å². The molecule has 0 aromatic carbocycles. The van der Waals surface area contributed by atoms with Crippen LogP contribution in [-0.4, -0.2) is 47.4 Å². The summed E-state index contributed by atoms with van der Waals surface area (Å²) < 4.78 is 0. The second kappa shape index (κ2) is 9.72. The highest BCUT2D eigenvalue weighted by atomic mass is 16.4. The van der Waals surface area contributed by atoms with Crippen LogP contribution in [0.15, 0.2) is 0 Å². The summed E-state index contributed by atoms with van der Waals surface area (Å²) in [5, 5.41) is 13.5. The number of carboxylic acids is 1. The van der Waals surface area contributed by atoms with Crippen LogP contribution < -0.4 is 22.1 Å². The van der Waals surface area contributed by atoms with Gasteiger partial charge in [0, 0.05) is 6.42 Å². The Morgan fingerprint density at radius 3 is 2.23 bits per heavy atom. The molecule has 9 nitrogen and oxygen atoms in total. The van der Waals surface area contributed by atoms with Crippen molar-refractivity contribution < 1.29 is 24.3 Å². The number of nitrogens with one attached hydrogen (secondary N) is 2. The number of hydrogen-bond acceptors (Lipinski definition) is 5. The number of carbonyl (C=O) groups excluding carboxylic acids is 3. The average Bonchev–Trinajstić information content (AvgIpc) is 2.39. The van der Waals surface area contributed by atoms with Crippen LogP contribution in [0.1, 0.15) is 33.1 Å². The van der Waals surface area contributed by atoms with Crippen molar-refractivity contribution in [2.75, 3.05) is 6.54 Å². The molecule has 0 saturated heterocycles. The van der Waals surface area contributed by atoms with Crippen LogP contribution in [0.4, 0.5) is 0 Å². The van der Waals surface area contributed by atoms with Crippen molar-refractivity contribution in [3.63, 3.8) is 0 Å². The highest BCUT2D eigenvalue weighted by molar-refractivity contribution is 5.89. The monoisotopic (exact) mass is 316 g/mol. The van der Waals surface area contributed by atoms with E-state index in [1.165, 1.54) is 0 Å². The Kier molecular flexibility index (Phi) is 8.76. The van der Waals surface area contributed by atoms with Gasteiger partial charge >= 0.3 is 5.97 Å². The average molecular weight is 316 g/mol. The smallest absolute Gasteiger partial charge is 0.326 e. The summed E-state index contributed by atoms with van der Waals surface area (Å²) in [6.07, 6.45) is 0.198. The topological polar surface area (TPSA) is 165 Å². The number of hydrogen-bond donors (Lipinski definition) is 5. The molecule has 0 aromatic heterocycles. The zero-order valence-electron chi connectivity index (χ0n) is 12.8. The van der Waals surface area contributed by atoms with Gasteiger partial charge in [-0.2, -0.15) is 0 Å². The first kappa shape index (κ1) is 19.8. The fourth-order valence-corrected chi connectivity index (χ4v) is 1.70. The molecule has 0 radical (unpaired) electrons. The number of amides is 3. The van der Waals surface area contributed by atoms with E-state index in [9.17, 15) is 19.2 Å². The number of aliphatic carboxylic acids is 1. The van der Waals surface area contributed by atoms with Crippen molar-refractivity contribution in [3.05, 3.63) is 0 Å². The number of rotatable bonds is 10. The maximum atomic E-state index is 11.6. The zero-order chi connectivity index (χ0) is 17.3. The predicted molar refractivity (Wildman–Crippen MR) is 78.4 cm³/mol. The molecule has 0 spiro atoms. The summed E-state index contributed by atoms with van der Waals surface area (Å²) in [6.45, 7) is 3.44. The Hall–Kier alpha value is -2.16. The van der Waals surface area contributed by atoms with Gasteiger partial charge in [-0.25, -0.2) is 4.79 Å². The van der Waals surface area contributed by atoms with E-state index in [1.54, 1.807) is 0 Å². The van der Waals surface area contributed by atoms with Gasteiger partial charge in [0.15, 0.2) is 0 Å². The molecule has 0 heterocycles. The first-order valence-corrected chi connectivity index (χ1v) is 6.97. The highest BCUT2D eigenvalue weighted by Crippen LogP contribution is 2.02. The molecule has 9 heteroatoms. The molecule has 22 heavy (non-hydrogen) atoms. The molecule has 0 fully saturated rings. The summed E-state index contributed by atoms with van der Waals surface area (Å²) in [6, 6.07) is -1.96. The Morgan fingerprint density at radius 1 is 1.18 bits per heavy atom. The van der Waals surface area contributed by atoms with Crippen molar-refractivity contribution in [1.82, 2.24) is 10.6 Å². The summed E-state index contributed by atoms with van der Waals surface area (Å²) in [5.74, 6) is -2.86. The third kappa shape index (κ3) is 8.90. The predicted octanol–water partition coefficient (Wildman–Crippen LogP) is -1.69. The van der Waals surface area contributed by atoms with Gasteiger partial charge in [-0.3, -0.25) is 14.4 Å². The third-order valence-corrected chi connectivity index (χ3v) is 2.80. The second-order valence-electron chi connectivity index (χ2n) is 5.42. The van der Waals surface area contributed by atoms with Crippen LogP contribution >= 0.6 is 0 Å². The van der Waals surface area contributed by atoms with Crippen molar-refractivity contribution in [1.29, 1.82) is 0 Å². The fourth-order valence-electron chi connectivity index (χ4n) is 1.70. The van der Waals surface area contributed by atoms with E-state index in [4.69, 9.17) is 16.6 Å². The third-order valence-electron chi connectivity index (χ3n) is 2.80. The van der Waals surface area contributed by atoms with Gasteiger partial charge < -0.3 is 27.2 Å². The molecule has 7 N–H and O–H groups in total. The van der Waals surface area contributed by atoms with Gasteiger partial charge in [0.05, 0.1) is 12.6 Å². The minimum Gasteiger partial charge on any atom is -0.480 e. The first-order chi connectivity index (χ1) is 10.1. The molecule has 0 rings (SSSR count). The van der Waals surface area contributed by atoms with Crippen molar-refractivity contribution in [3.8, 4) is 0 Å². The number of carbonyl (C=O) groups is 4. The lowest BCUT2D eigenvalue weighted by Crippen LogP contribution is -2.48. The van der Waals surface area contributed by atoms with E-state index in [2.05, 4.69) is 10.6 Å². The Balaban J connectivity index is 4.26. The molecular formula is C13H24N4O5. The lowest BCUT2D eigenvalue weighted by molar-refractivity contribution is -0.142. The van der Waals surface area contributed by atoms with Gasteiger partial charge in [-0.15, -0.1) is 0 Å². The molecule has 2 unspecified atom stereocenters. The normalized spacial score (nSPS) is 13.3. The Bertz CT molecular complexity index is 425. The van der Waals surface area contributed by atoms with E-state index in [-0.39, 0.29) is 25.3 Å². The standard InChI is InChI=1S/C13H24N4O5/c1-7(2)5-8(14)12(20)16-6-11(19)17-9(13(21)22)3-4-10(15)18/h7-9H,3-6,14H2,1-2H3,(H2,15,18)(H,16,20)(H,17,19)(H,21,22). The quantitative estimate of drug-likeness (QED) is 0.322. The largest absolute Gasteiger partial charge is 0.480 e. The molecular weight excluding hydrogens is 292 g/mol. The highest BCUT2D eigenvalue weighted by Gasteiger charge is 2.21. The molecule has 0 aliphatic rings. The lowest BCUT2D eigenvalue weighted by Gasteiger charge is -2.16. The first-order valence-electron chi connectivity index (χ1n) is 6.97. The molecule has 0 bridgehead atoms. The van der Waals surface area contributed by atoms with E-state index in [0.29, 0.717) is 6.42 Å². The molecule has 0 aliphatic carbocycles. The van der Waals surface area contributed by atoms with Crippen molar-refractivity contribution in [2.45, 2.75) is 45.2 Å². The maximum absolute atomic E-state index is 11.6. The zero-order valence-corrected chi connectivity index (χ0v) is 12.8. The van der Waals surface area contributed by atoms with Gasteiger partial charge in [-0.1, -0.05) is 13.8 Å². The Morgan fingerprint density at radius 2 is 1.77 bits per heavy atom. The van der Waals surface area contributed by atoms with Crippen LogP contribution in [-0.2, 0) is 19.2 Å². The van der Waals surface area contributed by atoms with Gasteiger partial charge in [-0.05, 0) is 18.8 Å². The van der Waals surface area contributed by atoms with Crippen molar-refractivity contribution >= 4 is 23.7 Å². The number of nitrogens with two attached hydrogens (primary N) is 2. The second-order valence-corrected chi connectivity index (χ2v) is 5.42. The van der Waals surface area contributed by atoms with E-state index in [1.807, 2.05) is 13.8 Å². The maximum Gasteiger partial charge on any atom is 0.326 e.